The first kappa shape index (κ1) is 18.6. The number of nitrogens with zero attached hydrogens (tertiary/aromatic N) is 3. The van der Waals surface area contributed by atoms with Gasteiger partial charge in [0, 0.05) is 17.4 Å². The molecule has 0 atom stereocenters. The molecule has 4 aromatic rings. The molecule has 0 fully saturated rings. The molecule has 146 valence electrons. The number of halogens is 1. The minimum Gasteiger partial charge on any atom is -0.334 e. The van der Waals surface area contributed by atoms with E-state index in [0.29, 0.717) is 17.1 Å². The number of hydrogen-bond donors (Lipinski definition) is 1. The SMILES string of the molecule is Cc1cccc(C)c1NC(=O)Cn1cccc1-c1nc(-c2ccc(F)cc2)no1. The highest BCUT2D eigenvalue weighted by molar-refractivity contribution is 5.92. The standard InChI is InChI=1S/C22H19FN4O2/c1-14-5-3-6-15(2)20(14)24-19(28)13-27-12-4-7-18(27)22-25-21(26-29-22)16-8-10-17(23)11-9-16/h3-12H,13H2,1-2H3,(H,24,28). The van der Waals surface area contributed by atoms with E-state index in [1.807, 2.05) is 38.1 Å². The zero-order valence-corrected chi connectivity index (χ0v) is 16.0. The van der Waals surface area contributed by atoms with Gasteiger partial charge >= 0.3 is 0 Å². The van der Waals surface area contributed by atoms with Gasteiger partial charge < -0.3 is 14.4 Å². The van der Waals surface area contributed by atoms with E-state index in [0.717, 1.165) is 16.8 Å². The minimum absolute atomic E-state index is 0.102. The Labute approximate surface area is 167 Å². The van der Waals surface area contributed by atoms with E-state index in [-0.39, 0.29) is 24.2 Å². The highest BCUT2D eigenvalue weighted by Gasteiger charge is 2.16. The monoisotopic (exact) mass is 390 g/mol. The smallest absolute Gasteiger partial charge is 0.274 e. The second-order valence-corrected chi connectivity index (χ2v) is 6.77. The van der Waals surface area contributed by atoms with Gasteiger partial charge in [0.1, 0.15) is 18.1 Å². The van der Waals surface area contributed by atoms with Crippen molar-refractivity contribution >= 4 is 11.6 Å². The number of rotatable bonds is 5. The van der Waals surface area contributed by atoms with E-state index in [1.165, 1.54) is 12.1 Å². The average Bonchev–Trinajstić information content (AvgIpc) is 3.35. The largest absolute Gasteiger partial charge is 0.334 e. The van der Waals surface area contributed by atoms with E-state index in [1.54, 1.807) is 29.0 Å². The highest BCUT2D eigenvalue weighted by Crippen LogP contribution is 2.24. The zero-order chi connectivity index (χ0) is 20.4. The molecule has 2 heterocycles. The Hall–Kier alpha value is -3.74. The van der Waals surface area contributed by atoms with E-state index in [4.69, 9.17) is 4.52 Å². The number of carbonyl (C=O) groups excluding carboxylic acids is 1. The lowest BCUT2D eigenvalue weighted by Gasteiger charge is -2.12. The molecule has 2 aromatic heterocycles. The molecule has 0 aliphatic carbocycles. The topological polar surface area (TPSA) is 73.0 Å². The first-order chi connectivity index (χ1) is 14.0. The number of hydrogen-bond acceptors (Lipinski definition) is 4. The number of benzene rings is 2. The van der Waals surface area contributed by atoms with Gasteiger partial charge in [-0.1, -0.05) is 23.4 Å². The van der Waals surface area contributed by atoms with Crippen LogP contribution in [0.15, 0.2) is 65.3 Å². The molecule has 7 heteroatoms. The van der Waals surface area contributed by atoms with Crippen LogP contribution in [0, 0.1) is 19.7 Å². The molecule has 0 radical (unpaired) electrons. The predicted molar refractivity (Wildman–Crippen MR) is 108 cm³/mol. The molecular formula is C22H19FN4O2. The summed E-state index contributed by atoms with van der Waals surface area (Å²) in [6, 6.07) is 15.3. The number of carbonyl (C=O) groups is 1. The molecule has 1 amide bonds. The maximum absolute atomic E-state index is 13.1. The lowest BCUT2D eigenvalue weighted by Crippen LogP contribution is -2.20. The van der Waals surface area contributed by atoms with Crippen molar-refractivity contribution in [2.75, 3.05) is 5.32 Å². The number of aryl methyl sites for hydroxylation is 2. The molecule has 6 nitrogen and oxygen atoms in total. The van der Waals surface area contributed by atoms with Gasteiger partial charge in [0.05, 0.1) is 0 Å². The van der Waals surface area contributed by atoms with Crippen LogP contribution in [0.5, 0.6) is 0 Å². The van der Waals surface area contributed by atoms with E-state index < -0.39 is 0 Å². The van der Waals surface area contributed by atoms with Crippen LogP contribution in [0.3, 0.4) is 0 Å². The zero-order valence-electron chi connectivity index (χ0n) is 16.0. The number of para-hydroxylation sites is 1. The lowest BCUT2D eigenvalue weighted by molar-refractivity contribution is -0.116. The summed E-state index contributed by atoms with van der Waals surface area (Å²) in [5.41, 5.74) is 4.11. The van der Waals surface area contributed by atoms with Crippen molar-refractivity contribution in [3.05, 3.63) is 77.7 Å². The highest BCUT2D eigenvalue weighted by atomic mass is 19.1. The Morgan fingerprint density at radius 1 is 1.07 bits per heavy atom. The normalized spacial score (nSPS) is 10.9. The third-order valence-corrected chi connectivity index (χ3v) is 4.64. The fourth-order valence-corrected chi connectivity index (χ4v) is 3.14. The lowest BCUT2D eigenvalue weighted by atomic mass is 10.1. The van der Waals surface area contributed by atoms with Gasteiger partial charge in [0.25, 0.3) is 5.89 Å². The summed E-state index contributed by atoms with van der Waals surface area (Å²) in [6.07, 6.45) is 1.78. The number of aromatic nitrogens is 3. The molecule has 29 heavy (non-hydrogen) atoms. The summed E-state index contributed by atoms with van der Waals surface area (Å²) < 4.78 is 20.2. The van der Waals surface area contributed by atoms with Crippen molar-refractivity contribution in [3.63, 3.8) is 0 Å². The van der Waals surface area contributed by atoms with Crippen LogP contribution in [0.25, 0.3) is 23.0 Å². The van der Waals surface area contributed by atoms with Crippen LogP contribution in [0.2, 0.25) is 0 Å². The Morgan fingerprint density at radius 2 is 1.79 bits per heavy atom. The fraction of sp³-hybridized carbons (Fsp3) is 0.136. The van der Waals surface area contributed by atoms with Crippen molar-refractivity contribution in [2.24, 2.45) is 0 Å². The second-order valence-electron chi connectivity index (χ2n) is 6.77. The fourth-order valence-electron chi connectivity index (χ4n) is 3.14. The summed E-state index contributed by atoms with van der Waals surface area (Å²) in [5.74, 6) is 0.154. The van der Waals surface area contributed by atoms with Gasteiger partial charge in [0.15, 0.2) is 0 Å². The van der Waals surface area contributed by atoms with Crippen LogP contribution in [-0.4, -0.2) is 20.6 Å². The van der Waals surface area contributed by atoms with Gasteiger partial charge in [-0.05, 0) is 61.4 Å². The Morgan fingerprint density at radius 3 is 2.52 bits per heavy atom. The summed E-state index contributed by atoms with van der Waals surface area (Å²) >= 11 is 0. The van der Waals surface area contributed by atoms with Crippen LogP contribution in [0.4, 0.5) is 10.1 Å². The molecule has 2 aromatic carbocycles. The molecule has 0 saturated carbocycles. The van der Waals surface area contributed by atoms with Gasteiger partial charge in [-0.25, -0.2) is 4.39 Å². The molecule has 0 unspecified atom stereocenters. The molecule has 1 N–H and O–H groups in total. The van der Waals surface area contributed by atoms with Gasteiger partial charge in [-0.3, -0.25) is 4.79 Å². The molecule has 0 aliphatic heterocycles. The first-order valence-electron chi connectivity index (χ1n) is 9.12. The van der Waals surface area contributed by atoms with Gasteiger partial charge in [-0.15, -0.1) is 0 Å². The minimum atomic E-state index is -0.332. The van der Waals surface area contributed by atoms with Crippen molar-refractivity contribution in [1.29, 1.82) is 0 Å². The summed E-state index contributed by atoms with van der Waals surface area (Å²) in [5, 5.41) is 6.93. The van der Waals surface area contributed by atoms with Crippen molar-refractivity contribution in [2.45, 2.75) is 20.4 Å². The van der Waals surface area contributed by atoms with E-state index in [9.17, 15) is 9.18 Å². The Bertz CT molecular complexity index is 1140. The Balaban J connectivity index is 1.53. The predicted octanol–water partition coefficient (Wildman–Crippen LogP) is 4.60. The van der Waals surface area contributed by atoms with Crippen molar-refractivity contribution in [1.82, 2.24) is 14.7 Å². The first-order valence-corrected chi connectivity index (χ1v) is 9.12. The molecule has 4 rings (SSSR count). The van der Waals surface area contributed by atoms with Crippen LogP contribution in [-0.2, 0) is 11.3 Å². The molecule has 0 spiro atoms. The average molecular weight is 390 g/mol. The van der Waals surface area contributed by atoms with E-state index in [2.05, 4.69) is 15.5 Å². The van der Waals surface area contributed by atoms with Gasteiger partial charge in [-0.2, -0.15) is 4.98 Å². The quantitative estimate of drug-likeness (QED) is 0.541. The summed E-state index contributed by atoms with van der Waals surface area (Å²) in [7, 11) is 0. The van der Waals surface area contributed by atoms with Gasteiger partial charge in [0.2, 0.25) is 11.7 Å². The van der Waals surface area contributed by atoms with Crippen LogP contribution in [0.1, 0.15) is 11.1 Å². The summed E-state index contributed by atoms with van der Waals surface area (Å²) in [4.78, 5) is 17.0. The maximum atomic E-state index is 13.1. The second kappa shape index (κ2) is 7.71. The van der Waals surface area contributed by atoms with Crippen molar-refractivity contribution < 1.29 is 13.7 Å². The third-order valence-electron chi connectivity index (χ3n) is 4.64. The number of nitrogens with one attached hydrogen (secondary N) is 1. The summed E-state index contributed by atoms with van der Waals surface area (Å²) in [6.45, 7) is 4.02. The maximum Gasteiger partial charge on any atom is 0.274 e. The number of amides is 1. The third kappa shape index (κ3) is 3.94. The molecule has 0 bridgehead atoms. The van der Waals surface area contributed by atoms with E-state index >= 15 is 0 Å². The molecule has 0 saturated heterocycles. The number of anilines is 1. The van der Waals surface area contributed by atoms with Crippen LogP contribution < -0.4 is 5.32 Å². The molecular weight excluding hydrogens is 371 g/mol. The van der Waals surface area contributed by atoms with Crippen molar-refractivity contribution in [3.8, 4) is 23.0 Å². The molecule has 0 aliphatic rings. The van der Waals surface area contributed by atoms with Crippen LogP contribution >= 0.6 is 0 Å². The Kier molecular flexibility index (Phi) is 4.95.